The van der Waals surface area contributed by atoms with Gasteiger partial charge in [-0.05, 0) is 44.3 Å². The number of rotatable bonds is 9. The van der Waals surface area contributed by atoms with Gasteiger partial charge < -0.3 is 20.7 Å². The molecule has 0 saturated heterocycles. The Bertz CT molecular complexity index is 529. The predicted octanol–water partition coefficient (Wildman–Crippen LogP) is 0.918. The highest BCUT2D eigenvalue weighted by atomic mass is 16.5. The number of nitrogens with one attached hydrogen (secondary N) is 3. The molecule has 7 nitrogen and oxygen atoms in total. The number of methoxy groups -OCH3 is 1. The van der Waals surface area contributed by atoms with Crippen LogP contribution < -0.4 is 16.0 Å². The quantitative estimate of drug-likeness (QED) is 0.464. The van der Waals surface area contributed by atoms with Crippen molar-refractivity contribution in [1.82, 2.24) is 10.6 Å². The van der Waals surface area contributed by atoms with E-state index in [1.165, 1.54) is 7.11 Å². The first-order valence-electron chi connectivity index (χ1n) is 7.46. The molecule has 0 heterocycles. The van der Waals surface area contributed by atoms with Crippen LogP contribution in [-0.2, 0) is 14.3 Å². The van der Waals surface area contributed by atoms with Crippen molar-refractivity contribution in [2.75, 3.05) is 32.6 Å². The average molecular weight is 321 g/mol. The van der Waals surface area contributed by atoms with E-state index in [1.807, 2.05) is 7.05 Å². The minimum atomic E-state index is -0.373. The van der Waals surface area contributed by atoms with E-state index in [2.05, 4.69) is 20.7 Å². The highest BCUT2D eigenvalue weighted by Gasteiger charge is 2.07. The van der Waals surface area contributed by atoms with E-state index in [9.17, 15) is 14.4 Å². The lowest BCUT2D eigenvalue weighted by Crippen LogP contribution is -2.26. The van der Waals surface area contributed by atoms with Gasteiger partial charge in [0, 0.05) is 24.2 Å². The SMILES string of the molecule is CNCCCC(=O)Nc1ccc(C(=O)NCCC(=O)OC)cc1. The first-order chi connectivity index (χ1) is 11.1. The van der Waals surface area contributed by atoms with Gasteiger partial charge in [-0.15, -0.1) is 0 Å². The predicted molar refractivity (Wildman–Crippen MR) is 87.2 cm³/mol. The number of benzene rings is 1. The molecule has 1 aromatic carbocycles. The summed E-state index contributed by atoms with van der Waals surface area (Å²) in [7, 11) is 3.14. The molecule has 0 unspecified atom stereocenters. The molecule has 0 aliphatic heterocycles. The van der Waals surface area contributed by atoms with Gasteiger partial charge in [-0.1, -0.05) is 0 Å². The molecule has 0 radical (unpaired) electrons. The molecule has 126 valence electrons. The lowest BCUT2D eigenvalue weighted by molar-refractivity contribution is -0.140. The molecule has 2 amide bonds. The van der Waals surface area contributed by atoms with Gasteiger partial charge in [0.2, 0.25) is 5.91 Å². The van der Waals surface area contributed by atoms with Crippen molar-refractivity contribution in [3.8, 4) is 0 Å². The van der Waals surface area contributed by atoms with Crippen molar-refractivity contribution in [3.05, 3.63) is 29.8 Å². The fourth-order valence-electron chi connectivity index (χ4n) is 1.84. The van der Waals surface area contributed by atoms with E-state index >= 15 is 0 Å². The maximum atomic E-state index is 11.9. The third-order valence-electron chi connectivity index (χ3n) is 3.10. The normalized spacial score (nSPS) is 10.0. The van der Waals surface area contributed by atoms with Crippen LogP contribution >= 0.6 is 0 Å². The van der Waals surface area contributed by atoms with Crippen LogP contribution in [0.1, 0.15) is 29.6 Å². The second kappa shape index (κ2) is 10.3. The summed E-state index contributed by atoms with van der Waals surface area (Å²) in [4.78, 5) is 34.5. The summed E-state index contributed by atoms with van der Waals surface area (Å²) in [5.41, 5.74) is 1.11. The van der Waals surface area contributed by atoms with Crippen molar-refractivity contribution >= 4 is 23.5 Å². The van der Waals surface area contributed by atoms with E-state index in [0.717, 1.165) is 13.0 Å². The molecular weight excluding hydrogens is 298 g/mol. The van der Waals surface area contributed by atoms with Crippen molar-refractivity contribution in [3.63, 3.8) is 0 Å². The first kappa shape index (κ1) is 18.6. The van der Waals surface area contributed by atoms with E-state index in [0.29, 0.717) is 17.7 Å². The maximum Gasteiger partial charge on any atom is 0.307 e. The molecule has 7 heteroatoms. The summed E-state index contributed by atoms with van der Waals surface area (Å²) >= 11 is 0. The smallest absolute Gasteiger partial charge is 0.307 e. The van der Waals surface area contributed by atoms with Gasteiger partial charge in [0.05, 0.1) is 13.5 Å². The highest BCUT2D eigenvalue weighted by Crippen LogP contribution is 2.10. The van der Waals surface area contributed by atoms with E-state index in [-0.39, 0.29) is 30.7 Å². The summed E-state index contributed by atoms with van der Waals surface area (Å²) in [5, 5.41) is 8.38. The third kappa shape index (κ3) is 7.42. The maximum absolute atomic E-state index is 11.9. The number of anilines is 1. The second-order valence-corrected chi connectivity index (χ2v) is 4.91. The molecule has 0 aliphatic rings. The summed E-state index contributed by atoms with van der Waals surface area (Å²) in [6, 6.07) is 6.59. The molecule has 1 aromatic rings. The molecule has 1 rings (SSSR count). The van der Waals surface area contributed by atoms with Crippen LogP contribution in [0.25, 0.3) is 0 Å². The van der Waals surface area contributed by atoms with Crippen LogP contribution in [0.2, 0.25) is 0 Å². The molecule has 0 fully saturated rings. The van der Waals surface area contributed by atoms with Crippen molar-refractivity contribution in [1.29, 1.82) is 0 Å². The van der Waals surface area contributed by atoms with Crippen LogP contribution in [0, 0.1) is 0 Å². The monoisotopic (exact) mass is 321 g/mol. The van der Waals surface area contributed by atoms with Gasteiger partial charge in [0.15, 0.2) is 0 Å². The minimum absolute atomic E-state index is 0.0597. The zero-order chi connectivity index (χ0) is 17.1. The Kier molecular flexibility index (Phi) is 8.38. The van der Waals surface area contributed by atoms with Crippen molar-refractivity contribution < 1.29 is 19.1 Å². The van der Waals surface area contributed by atoms with Gasteiger partial charge >= 0.3 is 5.97 Å². The van der Waals surface area contributed by atoms with Gasteiger partial charge in [-0.25, -0.2) is 0 Å². The topological polar surface area (TPSA) is 96.5 Å². The number of carbonyl (C=O) groups excluding carboxylic acids is 3. The lowest BCUT2D eigenvalue weighted by atomic mass is 10.2. The van der Waals surface area contributed by atoms with E-state index < -0.39 is 0 Å². The number of ether oxygens (including phenoxy) is 1. The third-order valence-corrected chi connectivity index (χ3v) is 3.10. The van der Waals surface area contributed by atoms with E-state index in [1.54, 1.807) is 24.3 Å². The summed E-state index contributed by atoms with van der Waals surface area (Å²) in [6.45, 7) is 1.01. The van der Waals surface area contributed by atoms with Crippen LogP contribution in [0.3, 0.4) is 0 Å². The Morgan fingerprint density at radius 2 is 1.74 bits per heavy atom. The Hall–Kier alpha value is -2.41. The number of carbonyl (C=O) groups is 3. The molecule has 0 bridgehead atoms. The summed E-state index contributed by atoms with van der Waals surface area (Å²) < 4.78 is 4.49. The number of esters is 1. The average Bonchev–Trinajstić information content (AvgIpc) is 2.55. The van der Waals surface area contributed by atoms with Crippen LogP contribution in [0.4, 0.5) is 5.69 Å². The number of amides is 2. The molecule has 0 saturated carbocycles. The Morgan fingerprint density at radius 3 is 2.35 bits per heavy atom. The zero-order valence-electron chi connectivity index (χ0n) is 13.5. The molecular formula is C16H23N3O4. The summed E-state index contributed by atoms with van der Waals surface area (Å²) in [5.74, 6) is -0.710. The molecule has 0 aliphatic carbocycles. The molecule has 0 atom stereocenters. The fraction of sp³-hybridized carbons (Fsp3) is 0.438. The molecule has 0 aromatic heterocycles. The van der Waals surface area contributed by atoms with Gasteiger partial charge in [-0.3, -0.25) is 14.4 Å². The second-order valence-electron chi connectivity index (χ2n) is 4.91. The van der Waals surface area contributed by atoms with Crippen LogP contribution in [0.5, 0.6) is 0 Å². The fourth-order valence-corrected chi connectivity index (χ4v) is 1.84. The Balaban J connectivity index is 2.41. The lowest BCUT2D eigenvalue weighted by Gasteiger charge is -2.07. The molecule has 0 spiro atoms. The number of hydrogen-bond acceptors (Lipinski definition) is 5. The number of hydrogen-bond donors (Lipinski definition) is 3. The minimum Gasteiger partial charge on any atom is -0.469 e. The van der Waals surface area contributed by atoms with E-state index in [4.69, 9.17) is 0 Å². The van der Waals surface area contributed by atoms with Crippen molar-refractivity contribution in [2.24, 2.45) is 0 Å². The summed E-state index contributed by atoms with van der Waals surface area (Å²) in [6.07, 6.45) is 1.34. The first-order valence-corrected chi connectivity index (χ1v) is 7.46. The van der Waals surface area contributed by atoms with Gasteiger partial charge in [0.25, 0.3) is 5.91 Å². The van der Waals surface area contributed by atoms with Gasteiger partial charge in [0.1, 0.15) is 0 Å². The van der Waals surface area contributed by atoms with Gasteiger partial charge in [-0.2, -0.15) is 0 Å². The van der Waals surface area contributed by atoms with Crippen molar-refractivity contribution in [2.45, 2.75) is 19.3 Å². The molecule has 23 heavy (non-hydrogen) atoms. The standard InChI is InChI=1S/C16H23N3O4/c1-17-10-3-4-14(20)19-13-7-5-12(6-8-13)16(22)18-11-9-15(21)23-2/h5-8,17H,3-4,9-11H2,1-2H3,(H,18,22)(H,19,20). The largest absolute Gasteiger partial charge is 0.469 e. The Morgan fingerprint density at radius 1 is 1.04 bits per heavy atom. The molecule has 3 N–H and O–H groups in total. The highest BCUT2D eigenvalue weighted by molar-refractivity contribution is 5.95. The zero-order valence-corrected chi connectivity index (χ0v) is 13.5. The van der Waals surface area contributed by atoms with Crippen LogP contribution in [0.15, 0.2) is 24.3 Å². The van der Waals surface area contributed by atoms with Crippen LogP contribution in [-0.4, -0.2) is 45.0 Å². The Labute approximate surface area is 135 Å².